The Morgan fingerprint density at radius 3 is 2.38 bits per heavy atom. The maximum Gasteiger partial charge on any atom is 0.0707 e. The van der Waals surface area contributed by atoms with E-state index in [0.717, 1.165) is 32.8 Å². The van der Waals surface area contributed by atoms with Gasteiger partial charge in [-0.1, -0.05) is 0 Å². The lowest BCUT2D eigenvalue weighted by Crippen LogP contribution is -2.42. The maximum atomic E-state index is 6.20. The number of nitrogens with zero attached hydrogens (tertiary/aromatic N) is 1. The van der Waals surface area contributed by atoms with Crippen molar-refractivity contribution in [3.05, 3.63) is 0 Å². The van der Waals surface area contributed by atoms with Crippen molar-refractivity contribution in [3.63, 3.8) is 0 Å². The Labute approximate surface area is 130 Å². The molecule has 124 valence electrons. The SMILES string of the molecule is CCOC1CCN(CC2CCC(CNC(C)(C)C)O2)CC1. The van der Waals surface area contributed by atoms with Crippen molar-refractivity contribution in [3.8, 4) is 0 Å². The van der Waals surface area contributed by atoms with Gasteiger partial charge in [-0.15, -0.1) is 0 Å². The molecule has 4 nitrogen and oxygen atoms in total. The van der Waals surface area contributed by atoms with Crippen LogP contribution >= 0.6 is 0 Å². The van der Waals surface area contributed by atoms with Gasteiger partial charge in [-0.25, -0.2) is 0 Å². The summed E-state index contributed by atoms with van der Waals surface area (Å²) in [6, 6.07) is 0. The highest BCUT2D eigenvalue weighted by atomic mass is 16.5. The minimum absolute atomic E-state index is 0.183. The molecule has 0 saturated carbocycles. The number of ether oxygens (including phenoxy) is 2. The lowest BCUT2D eigenvalue weighted by molar-refractivity contribution is -0.0127. The third-order valence-electron chi connectivity index (χ3n) is 4.45. The van der Waals surface area contributed by atoms with E-state index in [9.17, 15) is 0 Å². The largest absolute Gasteiger partial charge is 0.378 e. The molecule has 2 saturated heterocycles. The second kappa shape index (κ2) is 7.91. The van der Waals surface area contributed by atoms with E-state index in [1.54, 1.807) is 0 Å². The fourth-order valence-corrected chi connectivity index (χ4v) is 3.27. The molecule has 0 aliphatic carbocycles. The van der Waals surface area contributed by atoms with Crippen LogP contribution in [0.5, 0.6) is 0 Å². The standard InChI is InChI=1S/C17H34N2O2/c1-5-20-14-8-10-19(11-9-14)13-16-7-6-15(21-16)12-18-17(2,3)4/h14-16,18H,5-13H2,1-4H3. The summed E-state index contributed by atoms with van der Waals surface area (Å²) in [7, 11) is 0. The minimum atomic E-state index is 0.183. The summed E-state index contributed by atoms with van der Waals surface area (Å²) in [5, 5.41) is 3.55. The summed E-state index contributed by atoms with van der Waals surface area (Å²) in [5.74, 6) is 0. The zero-order chi connectivity index (χ0) is 15.3. The first-order valence-corrected chi connectivity index (χ1v) is 8.70. The van der Waals surface area contributed by atoms with E-state index >= 15 is 0 Å². The van der Waals surface area contributed by atoms with Gasteiger partial charge in [0, 0.05) is 38.3 Å². The average Bonchev–Trinajstić information content (AvgIpc) is 2.86. The van der Waals surface area contributed by atoms with Gasteiger partial charge in [0.25, 0.3) is 0 Å². The number of likely N-dealkylation sites (tertiary alicyclic amines) is 1. The molecule has 0 radical (unpaired) electrons. The highest BCUT2D eigenvalue weighted by Gasteiger charge is 2.29. The number of piperidine rings is 1. The Hall–Kier alpha value is -0.160. The fraction of sp³-hybridized carbons (Fsp3) is 1.00. The molecule has 0 aromatic carbocycles. The summed E-state index contributed by atoms with van der Waals surface area (Å²) < 4.78 is 11.9. The highest BCUT2D eigenvalue weighted by molar-refractivity contribution is 4.82. The normalized spacial score (nSPS) is 29.1. The molecule has 0 aromatic heterocycles. The topological polar surface area (TPSA) is 33.7 Å². The summed E-state index contributed by atoms with van der Waals surface area (Å²) >= 11 is 0. The lowest BCUT2D eigenvalue weighted by atomic mass is 10.1. The first-order valence-electron chi connectivity index (χ1n) is 8.70. The molecule has 2 fully saturated rings. The monoisotopic (exact) mass is 298 g/mol. The lowest BCUT2D eigenvalue weighted by Gasteiger charge is -2.33. The number of hydrogen-bond acceptors (Lipinski definition) is 4. The van der Waals surface area contributed by atoms with Gasteiger partial charge in [-0.2, -0.15) is 0 Å². The van der Waals surface area contributed by atoms with Crippen molar-refractivity contribution in [2.24, 2.45) is 0 Å². The predicted molar refractivity (Wildman–Crippen MR) is 86.7 cm³/mol. The van der Waals surface area contributed by atoms with Crippen LogP contribution < -0.4 is 5.32 Å². The van der Waals surface area contributed by atoms with E-state index in [1.807, 2.05) is 0 Å². The zero-order valence-electron chi connectivity index (χ0n) is 14.4. The van der Waals surface area contributed by atoms with Crippen molar-refractivity contribution < 1.29 is 9.47 Å². The van der Waals surface area contributed by atoms with Gasteiger partial charge >= 0.3 is 0 Å². The molecule has 2 unspecified atom stereocenters. The number of nitrogens with one attached hydrogen (secondary N) is 1. The molecule has 21 heavy (non-hydrogen) atoms. The zero-order valence-corrected chi connectivity index (χ0v) is 14.4. The van der Waals surface area contributed by atoms with Crippen molar-refractivity contribution >= 4 is 0 Å². The highest BCUT2D eigenvalue weighted by Crippen LogP contribution is 2.22. The molecule has 0 amide bonds. The van der Waals surface area contributed by atoms with E-state index in [-0.39, 0.29) is 5.54 Å². The molecule has 0 bridgehead atoms. The molecule has 2 heterocycles. The van der Waals surface area contributed by atoms with Crippen LogP contribution in [-0.4, -0.2) is 61.5 Å². The molecular weight excluding hydrogens is 264 g/mol. The molecule has 0 aromatic rings. The van der Waals surface area contributed by atoms with Crippen LogP contribution in [0.2, 0.25) is 0 Å². The van der Waals surface area contributed by atoms with Crippen LogP contribution in [0, 0.1) is 0 Å². The van der Waals surface area contributed by atoms with Gasteiger partial charge in [-0.05, 0) is 53.4 Å². The van der Waals surface area contributed by atoms with Gasteiger partial charge in [0.15, 0.2) is 0 Å². The second-order valence-corrected chi connectivity index (χ2v) is 7.54. The van der Waals surface area contributed by atoms with Gasteiger partial charge in [0.05, 0.1) is 18.3 Å². The quantitative estimate of drug-likeness (QED) is 0.816. The molecular formula is C17H34N2O2. The van der Waals surface area contributed by atoms with E-state index in [0.29, 0.717) is 18.3 Å². The first-order chi connectivity index (χ1) is 9.96. The Kier molecular flexibility index (Phi) is 6.48. The van der Waals surface area contributed by atoms with Gasteiger partial charge in [-0.3, -0.25) is 0 Å². The molecule has 4 heteroatoms. The third kappa shape index (κ3) is 6.23. The Morgan fingerprint density at radius 2 is 1.76 bits per heavy atom. The molecule has 1 N–H and O–H groups in total. The average molecular weight is 298 g/mol. The molecule has 2 rings (SSSR count). The Balaban J connectivity index is 1.62. The summed E-state index contributed by atoms with van der Waals surface area (Å²) in [5.41, 5.74) is 0.183. The second-order valence-electron chi connectivity index (χ2n) is 7.54. The predicted octanol–water partition coefficient (Wildman–Crippen LogP) is 2.42. The van der Waals surface area contributed by atoms with Crippen molar-refractivity contribution in [2.45, 2.75) is 77.2 Å². The fourth-order valence-electron chi connectivity index (χ4n) is 3.27. The summed E-state index contributed by atoms with van der Waals surface area (Å²) in [6.45, 7) is 14.0. The van der Waals surface area contributed by atoms with Crippen LogP contribution in [-0.2, 0) is 9.47 Å². The summed E-state index contributed by atoms with van der Waals surface area (Å²) in [4.78, 5) is 2.56. The van der Waals surface area contributed by atoms with Crippen LogP contribution in [0.25, 0.3) is 0 Å². The van der Waals surface area contributed by atoms with Crippen molar-refractivity contribution in [1.82, 2.24) is 10.2 Å². The Bertz CT molecular complexity index is 296. The van der Waals surface area contributed by atoms with E-state index in [4.69, 9.17) is 9.47 Å². The van der Waals surface area contributed by atoms with E-state index < -0.39 is 0 Å². The number of rotatable bonds is 6. The van der Waals surface area contributed by atoms with Gasteiger partial charge in [0.1, 0.15) is 0 Å². The Morgan fingerprint density at radius 1 is 1.10 bits per heavy atom. The summed E-state index contributed by atoms with van der Waals surface area (Å²) in [6.07, 6.45) is 6.07. The van der Waals surface area contributed by atoms with Gasteiger partial charge < -0.3 is 19.7 Å². The molecule has 2 aliphatic heterocycles. The minimum Gasteiger partial charge on any atom is -0.378 e. The van der Waals surface area contributed by atoms with Crippen LogP contribution in [0.15, 0.2) is 0 Å². The van der Waals surface area contributed by atoms with Crippen LogP contribution in [0.1, 0.15) is 53.4 Å². The molecule has 2 atom stereocenters. The van der Waals surface area contributed by atoms with E-state index in [1.165, 1.54) is 25.7 Å². The molecule has 0 spiro atoms. The van der Waals surface area contributed by atoms with Crippen LogP contribution in [0.4, 0.5) is 0 Å². The van der Waals surface area contributed by atoms with Gasteiger partial charge in [0.2, 0.25) is 0 Å². The van der Waals surface area contributed by atoms with Crippen molar-refractivity contribution in [1.29, 1.82) is 0 Å². The third-order valence-corrected chi connectivity index (χ3v) is 4.45. The number of hydrogen-bond donors (Lipinski definition) is 1. The first kappa shape index (κ1) is 17.2. The van der Waals surface area contributed by atoms with E-state index in [2.05, 4.69) is 37.9 Å². The maximum absolute atomic E-state index is 6.20. The molecule has 2 aliphatic rings. The van der Waals surface area contributed by atoms with Crippen LogP contribution in [0.3, 0.4) is 0 Å². The van der Waals surface area contributed by atoms with Crippen molar-refractivity contribution in [2.75, 3.05) is 32.8 Å². The smallest absolute Gasteiger partial charge is 0.0707 e.